The number of pyridine rings is 2. The van der Waals surface area contributed by atoms with E-state index in [1.165, 1.54) is 6.92 Å². The molecule has 4 rings (SSSR count). The average Bonchev–Trinajstić information content (AvgIpc) is 3.22. The number of fused-ring (bicyclic) bond motifs is 1. The number of nitrogens with two attached hydrogens (primary N) is 1. The molecule has 0 saturated carbocycles. The van der Waals surface area contributed by atoms with Gasteiger partial charge < -0.3 is 20.7 Å². The molecule has 0 bridgehead atoms. The van der Waals surface area contributed by atoms with Crippen LogP contribution in [0.5, 0.6) is 0 Å². The Bertz CT molecular complexity index is 1360. The van der Waals surface area contributed by atoms with Crippen molar-refractivity contribution in [2.24, 2.45) is 5.73 Å². The molecule has 0 spiro atoms. The van der Waals surface area contributed by atoms with E-state index in [0.717, 1.165) is 22.9 Å². The standard InChI is InChI=1S/C22H20F3N5O4/c1-2-34-22(33)13-9-30(18-7-17(27-10-31)14(23)6-15(18)24)20-12(19(13)32)5-16(25)21(28-20)29-4-3-11(26)8-29/h5-7,9-11H,2-4,8,26H2,1H3,(H,27,31)/t11-/m0/s1. The van der Waals surface area contributed by atoms with Crippen LogP contribution in [0.2, 0.25) is 0 Å². The van der Waals surface area contributed by atoms with Gasteiger partial charge in [-0.05, 0) is 25.5 Å². The van der Waals surface area contributed by atoms with Crippen LogP contribution in [0.4, 0.5) is 24.7 Å². The molecular formula is C22H20F3N5O4. The minimum atomic E-state index is -1.08. The summed E-state index contributed by atoms with van der Waals surface area (Å²) in [6.45, 7) is 2.22. The predicted octanol–water partition coefficient (Wildman–Crippen LogP) is 2.09. The molecule has 9 nitrogen and oxygen atoms in total. The number of carbonyl (C=O) groups excluding carboxylic acids is 2. The fourth-order valence-corrected chi connectivity index (χ4v) is 3.85. The van der Waals surface area contributed by atoms with E-state index in [1.54, 1.807) is 4.90 Å². The van der Waals surface area contributed by atoms with Crippen molar-refractivity contribution >= 4 is 34.9 Å². The van der Waals surface area contributed by atoms with Crippen LogP contribution < -0.4 is 21.4 Å². The zero-order valence-electron chi connectivity index (χ0n) is 18.0. The van der Waals surface area contributed by atoms with E-state index in [2.05, 4.69) is 10.3 Å². The SMILES string of the molecule is CCOC(=O)c1cn(-c2cc(NC=O)c(F)cc2F)c2nc(N3CC[C@H](N)C3)c(F)cc2c1=O. The van der Waals surface area contributed by atoms with E-state index < -0.39 is 34.4 Å². The Kier molecular flexibility index (Phi) is 6.24. The summed E-state index contributed by atoms with van der Waals surface area (Å²) in [6, 6.07) is 2.21. The largest absolute Gasteiger partial charge is 0.462 e. The number of anilines is 2. The molecule has 3 aromatic rings. The molecular weight excluding hydrogens is 455 g/mol. The van der Waals surface area contributed by atoms with Crippen LogP contribution in [0, 0.1) is 17.5 Å². The fraction of sp³-hybridized carbons (Fsp3) is 0.273. The van der Waals surface area contributed by atoms with Crippen LogP contribution in [-0.2, 0) is 9.53 Å². The Morgan fingerprint density at radius 2 is 2.03 bits per heavy atom. The minimum absolute atomic E-state index is 0.0462. The van der Waals surface area contributed by atoms with Crippen molar-refractivity contribution in [1.82, 2.24) is 9.55 Å². The van der Waals surface area contributed by atoms with Crippen molar-refractivity contribution in [2.75, 3.05) is 29.9 Å². The molecule has 1 aromatic carbocycles. The minimum Gasteiger partial charge on any atom is -0.462 e. The van der Waals surface area contributed by atoms with E-state index in [4.69, 9.17) is 10.5 Å². The van der Waals surface area contributed by atoms with Crippen LogP contribution in [0.1, 0.15) is 23.7 Å². The zero-order chi connectivity index (χ0) is 24.6. The maximum Gasteiger partial charge on any atom is 0.343 e. The van der Waals surface area contributed by atoms with E-state index in [0.29, 0.717) is 25.6 Å². The van der Waals surface area contributed by atoms with E-state index in [1.807, 2.05) is 0 Å². The number of amides is 1. The van der Waals surface area contributed by atoms with Crippen molar-refractivity contribution in [2.45, 2.75) is 19.4 Å². The quantitative estimate of drug-likeness (QED) is 0.414. The summed E-state index contributed by atoms with van der Waals surface area (Å²) in [5.41, 5.74) is 3.66. The number of carbonyl (C=O) groups is 2. The number of nitrogens with one attached hydrogen (secondary N) is 1. The van der Waals surface area contributed by atoms with Crippen LogP contribution in [-0.4, -0.2) is 47.7 Å². The van der Waals surface area contributed by atoms with Gasteiger partial charge in [0.2, 0.25) is 11.8 Å². The van der Waals surface area contributed by atoms with Crippen molar-refractivity contribution in [1.29, 1.82) is 0 Å². The van der Waals surface area contributed by atoms with Crippen LogP contribution in [0.15, 0.2) is 29.2 Å². The number of nitrogens with zero attached hydrogens (tertiary/aromatic N) is 3. The van der Waals surface area contributed by atoms with Gasteiger partial charge in [0.15, 0.2) is 17.3 Å². The molecule has 2 aromatic heterocycles. The molecule has 34 heavy (non-hydrogen) atoms. The van der Waals surface area contributed by atoms with Gasteiger partial charge in [-0.3, -0.25) is 14.2 Å². The summed E-state index contributed by atoms with van der Waals surface area (Å²) in [4.78, 5) is 42.1. The number of esters is 1. The third-order valence-electron chi connectivity index (χ3n) is 5.44. The lowest BCUT2D eigenvalue weighted by Crippen LogP contribution is -2.28. The lowest BCUT2D eigenvalue weighted by Gasteiger charge is -2.20. The number of ether oxygens (including phenoxy) is 1. The smallest absolute Gasteiger partial charge is 0.343 e. The van der Waals surface area contributed by atoms with Gasteiger partial charge in [-0.1, -0.05) is 0 Å². The van der Waals surface area contributed by atoms with Gasteiger partial charge in [-0.25, -0.2) is 22.9 Å². The second-order valence-corrected chi connectivity index (χ2v) is 7.67. The molecule has 1 saturated heterocycles. The summed E-state index contributed by atoms with van der Waals surface area (Å²) < 4.78 is 49.9. The van der Waals surface area contributed by atoms with E-state index >= 15 is 4.39 Å². The molecule has 0 aliphatic carbocycles. The number of halogens is 3. The van der Waals surface area contributed by atoms with Gasteiger partial charge in [-0.2, -0.15) is 0 Å². The molecule has 178 valence electrons. The first-order chi connectivity index (χ1) is 16.2. The summed E-state index contributed by atoms with van der Waals surface area (Å²) in [7, 11) is 0. The summed E-state index contributed by atoms with van der Waals surface area (Å²) >= 11 is 0. The fourth-order valence-electron chi connectivity index (χ4n) is 3.85. The van der Waals surface area contributed by atoms with Crippen LogP contribution in [0.3, 0.4) is 0 Å². The summed E-state index contributed by atoms with van der Waals surface area (Å²) in [6.07, 6.45) is 1.80. The first-order valence-electron chi connectivity index (χ1n) is 10.4. The number of hydrogen-bond donors (Lipinski definition) is 2. The van der Waals surface area contributed by atoms with Gasteiger partial charge in [0.05, 0.1) is 23.4 Å². The Morgan fingerprint density at radius 3 is 2.68 bits per heavy atom. The number of rotatable bonds is 6. The van der Waals surface area contributed by atoms with Gasteiger partial charge in [0.1, 0.15) is 17.2 Å². The molecule has 1 atom stereocenters. The molecule has 3 heterocycles. The lowest BCUT2D eigenvalue weighted by molar-refractivity contribution is -0.105. The Morgan fingerprint density at radius 1 is 1.26 bits per heavy atom. The Balaban J connectivity index is 2.05. The Labute approximate surface area is 190 Å². The van der Waals surface area contributed by atoms with Crippen LogP contribution in [0.25, 0.3) is 16.7 Å². The second kappa shape index (κ2) is 9.14. The van der Waals surface area contributed by atoms with Crippen molar-refractivity contribution in [3.05, 3.63) is 57.6 Å². The second-order valence-electron chi connectivity index (χ2n) is 7.67. The molecule has 1 fully saturated rings. The maximum absolute atomic E-state index is 15.0. The summed E-state index contributed by atoms with van der Waals surface area (Å²) in [5, 5.41) is 1.79. The van der Waals surface area contributed by atoms with Crippen molar-refractivity contribution in [3.8, 4) is 5.69 Å². The molecule has 12 heteroatoms. The van der Waals surface area contributed by atoms with E-state index in [-0.39, 0.29) is 47.3 Å². The van der Waals surface area contributed by atoms with Gasteiger partial charge in [-0.15, -0.1) is 0 Å². The third kappa shape index (κ3) is 4.07. The van der Waals surface area contributed by atoms with Crippen LogP contribution >= 0.6 is 0 Å². The Hall–Kier alpha value is -3.93. The highest BCUT2D eigenvalue weighted by molar-refractivity contribution is 5.94. The molecule has 1 amide bonds. The maximum atomic E-state index is 15.0. The van der Waals surface area contributed by atoms with E-state index in [9.17, 15) is 23.2 Å². The third-order valence-corrected chi connectivity index (χ3v) is 5.44. The normalized spacial score (nSPS) is 15.6. The molecule has 0 radical (unpaired) electrons. The predicted molar refractivity (Wildman–Crippen MR) is 118 cm³/mol. The van der Waals surface area contributed by atoms with Crippen molar-refractivity contribution in [3.63, 3.8) is 0 Å². The first kappa shape index (κ1) is 23.2. The van der Waals surface area contributed by atoms with Gasteiger partial charge in [0.25, 0.3) is 0 Å². The lowest BCUT2D eigenvalue weighted by atomic mass is 10.1. The highest BCUT2D eigenvalue weighted by Crippen LogP contribution is 2.28. The summed E-state index contributed by atoms with van der Waals surface area (Å²) in [5.74, 6) is -4.06. The molecule has 0 unspecified atom stereocenters. The number of benzene rings is 1. The molecule has 1 aliphatic heterocycles. The van der Waals surface area contributed by atoms with Gasteiger partial charge >= 0.3 is 5.97 Å². The first-order valence-corrected chi connectivity index (χ1v) is 10.4. The number of hydrogen-bond acceptors (Lipinski definition) is 7. The monoisotopic (exact) mass is 475 g/mol. The number of aromatic nitrogens is 2. The topological polar surface area (TPSA) is 120 Å². The molecule has 3 N–H and O–H groups in total. The highest BCUT2D eigenvalue weighted by Gasteiger charge is 2.26. The molecule has 1 aliphatic rings. The average molecular weight is 475 g/mol. The highest BCUT2D eigenvalue weighted by atomic mass is 19.1. The van der Waals surface area contributed by atoms with Gasteiger partial charge in [0, 0.05) is 31.4 Å². The van der Waals surface area contributed by atoms with Crippen molar-refractivity contribution < 1.29 is 27.5 Å². The zero-order valence-corrected chi connectivity index (χ0v) is 18.0.